The maximum Gasteiger partial charge on any atom is 0.138 e. The Labute approximate surface area is 115 Å². The molecule has 6 heteroatoms. The summed E-state index contributed by atoms with van der Waals surface area (Å²) >= 11 is 0. The number of hydrogen-bond donors (Lipinski definition) is 2. The number of benzene rings is 1. The van der Waals surface area contributed by atoms with Crippen molar-refractivity contribution in [3.8, 4) is 5.69 Å². The molecule has 0 unspecified atom stereocenters. The zero-order chi connectivity index (χ0) is 13.4. The predicted molar refractivity (Wildman–Crippen MR) is 73.5 cm³/mol. The van der Waals surface area contributed by atoms with E-state index in [1.165, 1.54) is 17.6 Å². The number of imidazole rings is 1. The lowest BCUT2D eigenvalue weighted by atomic mass is 9.98. The molecule has 20 heavy (non-hydrogen) atoms. The van der Waals surface area contributed by atoms with E-state index in [9.17, 15) is 0 Å². The number of nitrogens with one attached hydrogen (secondary N) is 2. The number of hydrogen-bond acceptors (Lipinski definition) is 4. The highest BCUT2D eigenvalue weighted by atomic mass is 15.3. The highest BCUT2D eigenvalue weighted by Gasteiger charge is 2.23. The van der Waals surface area contributed by atoms with E-state index in [0.717, 1.165) is 24.3 Å². The second kappa shape index (κ2) is 4.57. The van der Waals surface area contributed by atoms with Gasteiger partial charge in [0.25, 0.3) is 0 Å². The highest BCUT2D eigenvalue weighted by Crippen LogP contribution is 2.26. The Bertz CT molecular complexity index is 698. The van der Waals surface area contributed by atoms with Gasteiger partial charge in [-0.1, -0.05) is 12.1 Å². The number of fused-ring (bicyclic) bond motifs is 1. The fraction of sp³-hybridized carbons (Fsp3) is 0.214. The van der Waals surface area contributed by atoms with Crippen LogP contribution in [0.5, 0.6) is 0 Å². The van der Waals surface area contributed by atoms with Crippen molar-refractivity contribution in [1.82, 2.24) is 30.0 Å². The first kappa shape index (κ1) is 11.4. The van der Waals surface area contributed by atoms with Crippen LogP contribution in [0.3, 0.4) is 0 Å². The molecule has 3 aromatic rings. The maximum absolute atomic E-state index is 4.44. The van der Waals surface area contributed by atoms with E-state index in [0.29, 0.717) is 0 Å². The summed E-state index contributed by atoms with van der Waals surface area (Å²) in [6, 6.07) is 8.48. The zero-order valence-electron chi connectivity index (χ0n) is 10.8. The van der Waals surface area contributed by atoms with Crippen molar-refractivity contribution in [1.29, 1.82) is 0 Å². The van der Waals surface area contributed by atoms with Gasteiger partial charge in [0.15, 0.2) is 0 Å². The SMILES string of the molecule is c1ncn(-c2ccc([C@@H]3NCCc4[nH]cnc43)cc2)n1. The topological polar surface area (TPSA) is 71.4 Å². The minimum atomic E-state index is 0.162. The number of aromatic nitrogens is 5. The molecule has 1 atom stereocenters. The monoisotopic (exact) mass is 266 g/mol. The van der Waals surface area contributed by atoms with E-state index >= 15 is 0 Å². The molecule has 2 aromatic heterocycles. The molecule has 0 radical (unpaired) electrons. The first-order valence-electron chi connectivity index (χ1n) is 6.62. The van der Waals surface area contributed by atoms with Crippen LogP contribution in [-0.2, 0) is 6.42 Å². The Balaban J connectivity index is 1.68. The van der Waals surface area contributed by atoms with Crippen molar-refractivity contribution in [3.63, 3.8) is 0 Å². The van der Waals surface area contributed by atoms with Gasteiger partial charge in [-0.05, 0) is 17.7 Å². The van der Waals surface area contributed by atoms with Gasteiger partial charge in [-0.25, -0.2) is 14.6 Å². The molecule has 1 aromatic carbocycles. The van der Waals surface area contributed by atoms with E-state index in [4.69, 9.17) is 0 Å². The molecule has 100 valence electrons. The van der Waals surface area contributed by atoms with Crippen LogP contribution in [-0.4, -0.2) is 31.3 Å². The van der Waals surface area contributed by atoms with E-state index in [2.05, 4.69) is 37.5 Å². The first-order valence-corrected chi connectivity index (χ1v) is 6.62. The van der Waals surface area contributed by atoms with Crippen LogP contribution in [0.4, 0.5) is 0 Å². The lowest BCUT2D eigenvalue weighted by Crippen LogP contribution is -2.30. The Kier molecular flexibility index (Phi) is 2.60. The fourth-order valence-electron chi connectivity index (χ4n) is 2.66. The smallest absolute Gasteiger partial charge is 0.138 e. The molecule has 4 rings (SSSR count). The van der Waals surface area contributed by atoms with Gasteiger partial charge in [0.1, 0.15) is 12.7 Å². The summed E-state index contributed by atoms with van der Waals surface area (Å²) in [5.74, 6) is 0. The van der Waals surface area contributed by atoms with Crippen molar-refractivity contribution in [2.75, 3.05) is 6.54 Å². The van der Waals surface area contributed by atoms with Gasteiger partial charge in [0.2, 0.25) is 0 Å². The molecule has 0 fully saturated rings. The van der Waals surface area contributed by atoms with E-state index in [-0.39, 0.29) is 6.04 Å². The summed E-state index contributed by atoms with van der Waals surface area (Å²) in [5.41, 5.74) is 4.55. The van der Waals surface area contributed by atoms with Gasteiger partial charge < -0.3 is 10.3 Å². The largest absolute Gasteiger partial charge is 0.348 e. The van der Waals surface area contributed by atoms with Gasteiger partial charge in [0, 0.05) is 18.7 Å². The molecule has 6 nitrogen and oxygen atoms in total. The second-order valence-corrected chi connectivity index (χ2v) is 4.84. The Morgan fingerprint density at radius 3 is 2.90 bits per heavy atom. The van der Waals surface area contributed by atoms with E-state index < -0.39 is 0 Å². The lowest BCUT2D eigenvalue weighted by molar-refractivity contribution is 0.553. The number of rotatable bonds is 2. The Hall–Kier alpha value is -2.47. The van der Waals surface area contributed by atoms with Gasteiger partial charge >= 0.3 is 0 Å². The molecule has 0 aliphatic carbocycles. The molecule has 2 N–H and O–H groups in total. The van der Waals surface area contributed by atoms with Crippen molar-refractivity contribution in [3.05, 3.63) is 60.2 Å². The van der Waals surface area contributed by atoms with Crippen LogP contribution in [0.2, 0.25) is 0 Å². The Morgan fingerprint density at radius 1 is 1.20 bits per heavy atom. The average molecular weight is 266 g/mol. The minimum Gasteiger partial charge on any atom is -0.348 e. The van der Waals surface area contributed by atoms with Crippen molar-refractivity contribution in [2.24, 2.45) is 0 Å². The van der Waals surface area contributed by atoms with Gasteiger partial charge in [-0.3, -0.25) is 0 Å². The molecule has 1 aliphatic rings. The van der Waals surface area contributed by atoms with E-state index in [1.807, 2.05) is 12.1 Å². The van der Waals surface area contributed by atoms with Gasteiger partial charge in [-0.15, -0.1) is 0 Å². The van der Waals surface area contributed by atoms with Crippen molar-refractivity contribution < 1.29 is 0 Å². The quantitative estimate of drug-likeness (QED) is 0.731. The van der Waals surface area contributed by atoms with Crippen LogP contribution in [0.15, 0.2) is 43.2 Å². The van der Waals surface area contributed by atoms with Crippen LogP contribution in [0.25, 0.3) is 5.69 Å². The predicted octanol–water partition coefficient (Wildman–Crippen LogP) is 1.23. The lowest BCUT2D eigenvalue weighted by Gasteiger charge is -2.23. The van der Waals surface area contributed by atoms with Crippen LogP contribution < -0.4 is 5.32 Å². The van der Waals surface area contributed by atoms with E-state index in [1.54, 1.807) is 17.3 Å². The molecule has 3 heterocycles. The summed E-state index contributed by atoms with van der Waals surface area (Å²) in [5, 5.41) is 7.64. The van der Waals surface area contributed by atoms with Crippen LogP contribution in [0.1, 0.15) is 23.0 Å². The van der Waals surface area contributed by atoms with Crippen molar-refractivity contribution >= 4 is 0 Å². The summed E-state index contributed by atoms with van der Waals surface area (Å²) in [6.07, 6.45) is 6.00. The van der Waals surface area contributed by atoms with Gasteiger partial charge in [-0.2, -0.15) is 5.10 Å². The first-order chi connectivity index (χ1) is 9.92. The number of H-pyrrole nitrogens is 1. The Morgan fingerprint density at radius 2 is 2.10 bits per heavy atom. The summed E-state index contributed by atoms with van der Waals surface area (Å²) in [6.45, 7) is 0.963. The molecule has 0 amide bonds. The summed E-state index contributed by atoms with van der Waals surface area (Å²) < 4.78 is 1.75. The summed E-state index contributed by atoms with van der Waals surface area (Å²) in [4.78, 5) is 11.6. The fourth-order valence-corrected chi connectivity index (χ4v) is 2.66. The maximum atomic E-state index is 4.44. The molecular weight excluding hydrogens is 252 g/mol. The molecule has 0 bridgehead atoms. The third kappa shape index (κ3) is 1.81. The second-order valence-electron chi connectivity index (χ2n) is 4.84. The molecule has 0 saturated carbocycles. The highest BCUT2D eigenvalue weighted by molar-refractivity contribution is 5.38. The minimum absolute atomic E-state index is 0.162. The summed E-state index contributed by atoms with van der Waals surface area (Å²) in [7, 11) is 0. The van der Waals surface area contributed by atoms with Gasteiger partial charge in [0.05, 0.1) is 23.8 Å². The normalized spacial score (nSPS) is 17.9. The molecule has 1 aliphatic heterocycles. The van der Waals surface area contributed by atoms with Crippen LogP contribution >= 0.6 is 0 Å². The standard InChI is InChI=1S/C14H14N6/c1-3-11(20-9-15-7-19-20)4-2-10(1)13-14-12(5-6-16-13)17-8-18-14/h1-4,7-9,13,16H,5-6H2,(H,17,18)/t13-/m0/s1. The third-order valence-electron chi connectivity index (χ3n) is 3.66. The number of aromatic amines is 1. The molecule has 0 spiro atoms. The third-order valence-corrected chi connectivity index (χ3v) is 3.66. The molecular formula is C14H14N6. The van der Waals surface area contributed by atoms with Crippen LogP contribution in [0, 0.1) is 0 Å². The average Bonchev–Trinajstić information content (AvgIpc) is 3.18. The van der Waals surface area contributed by atoms with Crippen molar-refractivity contribution in [2.45, 2.75) is 12.5 Å². The zero-order valence-corrected chi connectivity index (χ0v) is 10.8. The number of nitrogens with zero attached hydrogens (tertiary/aromatic N) is 4. The molecule has 0 saturated heterocycles.